The molecule has 2 N–H and O–H groups in total. The van der Waals surface area contributed by atoms with E-state index in [-0.39, 0.29) is 5.91 Å². The smallest absolute Gasteiger partial charge is 0.250 e. The average Bonchev–Trinajstić information content (AvgIpc) is 2.53. The Balaban J connectivity index is 1.54. The number of carbonyl (C=O) groups is 1. The molecule has 0 bridgehead atoms. The number of likely N-dealkylation sites (tertiary alicyclic amines) is 1. The molecule has 4 nitrogen and oxygen atoms in total. The summed E-state index contributed by atoms with van der Waals surface area (Å²) in [4.78, 5) is 14.5. The largest absolute Gasteiger partial charge is 0.361 e. The molecule has 1 aromatic carbocycles. The molecule has 0 aromatic heterocycles. The minimum atomic E-state index is 0.0394. The van der Waals surface area contributed by atoms with Crippen molar-refractivity contribution in [3.63, 3.8) is 0 Å². The van der Waals surface area contributed by atoms with E-state index in [1.165, 1.54) is 24.8 Å². The first-order valence-electron chi connectivity index (χ1n) is 7.37. The summed E-state index contributed by atoms with van der Waals surface area (Å²) in [6.07, 6.45) is 6.33. The Hall–Kier alpha value is -1.81. The number of hydrogen-bond acceptors (Lipinski definition) is 3. The van der Waals surface area contributed by atoms with E-state index in [2.05, 4.69) is 21.6 Å². The van der Waals surface area contributed by atoms with Crippen molar-refractivity contribution in [1.29, 1.82) is 0 Å². The van der Waals surface area contributed by atoms with Gasteiger partial charge >= 0.3 is 0 Å². The predicted octanol–water partition coefficient (Wildman–Crippen LogP) is 2.10. The quantitative estimate of drug-likeness (QED) is 0.885. The summed E-state index contributed by atoms with van der Waals surface area (Å²) in [5, 5.41) is 6.23. The third-order valence-electron chi connectivity index (χ3n) is 4.00. The highest BCUT2D eigenvalue weighted by Crippen LogP contribution is 2.23. The average molecular weight is 271 g/mol. The molecule has 2 heterocycles. The van der Waals surface area contributed by atoms with Gasteiger partial charge in [0.05, 0.1) is 6.67 Å². The van der Waals surface area contributed by atoms with Crippen LogP contribution >= 0.6 is 0 Å². The molecule has 0 radical (unpaired) electrons. The molecule has 1 aromatic rings. The predicted molar refractivity (Wildman–Crippen MR) is 80.3 cm³/mol. The lowest BCUT2D eigenvalue weighted by Crippen LogP contribution is -2.41. The van der Waals surface area contributed by atoms with Crippen LogP contribution in [-0.4, -0.2) is 30.6 Å². The molecule has 4 heteroatoms. The third kappa shape index (κ3) is 3.02. The molecule has 0 unspecified atom stereocenters. The van der Waals surface area contributed by atoms with Gasteiger partial charge in [0.1, 0.15) is 0 Å². The number of piperidine rings is 1. The minimum Gasteiger partial charge on any atom is -0.361 e. The van der Waals surface area contributed by atoms with Crippen LogP contribution in [0.1, 0.15) is 24.8 Å². The summed E-state index contributed by atoms with van der Waals surface area (Å²) in [6.45, 7) is 2.86. The van der Waals surface area contributed by atoms with Crippen LogP contribution in [0.15, 0.2) is 36.0 Å². The fourth-order valence-electron chi connectivity index (χ4n) is 2.80. The summed E-state index contributed by atoms with van der Waals surface area (Å²) >= 11 is 0. The maximum atomic E-state index is 12.2. The van der Waals surface area contributed by atoms with Crippen molar-refractivity contribution in [3.05, 3.63) is 41.6 Å². The Morgan fingerprint density at radius 3 is 2.85 bits per heavy atom. The van der Waals surface area contributed by atoms with Gasteiger partial charge in [0.25, 0.3) is 0 Å². The fourth-order valence-corrected chi connectivity index (χ4v) is 2.80. The molecule has 0 spiro atoms. The van der Waals surface area contributed by atoms with E-state index >= 15 is 0 Å². The number of hydrogen-bond donors (Lipinski definition) is 2. The number of benzene rings is 1. The van der Waals surface area contributed by atoms with Gasteiger partial charge in [0.15, 0.2) is 0 Å². The summed E-state index contributed by atoms with van der Waals surface area (Å²) in [7, 11) is 0. The van der Waals surface area contributed by atoms with Crippen LogP contribution < -0.4 is 10.6 Å². The molecular formula is C16H21N3O. The van der Waals surface area contributed by atoms with E-state index in [0.717, 1.165) is 24.4 Å². The lowest BCUT2D eigenvalue weighted by molar-refractivity contribution is -0.118. The molecule has 0 saturated carbocycles. The van der Waals surface area contributed by atoms with E-state index in [9.17, 15) is 4.79 Å². The van der Waals surface area contributed by atoms with Crippen molar-refractivity contribution >= 4 is 11.6 Å². The van der Waals surface area contributed by atoms with Crippen LogP contribution in [0.2, 0.25) is 0 Å². The van der Waals surface area contributed by atoms with Gasteiger partial charge in [-0.15, -0.1) is 0 Å². The van der Waals surface area contributed by atoms with E-state index in [1.807, 2.05) is 24.4 Å². The number of nitrogens with zero attached hydrogens (tertiary/aromatic N) is 1. The van der Waals surface area contributed by atoms with Crippen molar-refractivity contribution < 1.29 is 4.79 Å². The maximum Gasteiger partial charge on any atom is 0.250 e. The summed E-state index contributed by atoms with van der Waals surface area (Å²) in [6, 6.07) is 8.11. The van der Waals surface area contributed by atoms with Crippen molar-refractivity contribution in [3.8, 4) is 0 Å². The second-order valence-corrected chi connectivity index (χ2v) is 5.49. The van der Waals surface area contributed by atoms with Gasteiger partial charge in [-0.2, -0.15) is 0 Å². The molecule has 106 valence electrons. The molecule has 1 fully saturated rings. The molecule has 3 rings (SSSR count). The molecule has 2 aliphatic heterocycles. The number of fused-ring (bicyclic) bond motifs is 1. The van der Waals surface area contributed by atoms with Crippen molar-refractivity contribution in [2.75, 3.05) is 25.1 Å². The van der Waals surface area contributed by atoms with Crippen LogP contribution in [0.25, 0.3) is 0 Å². The van der Waals surface area contributed by atoms with Crippen LogP contribution in [-0.2, 0) is 11.2 Å². The minimum absolute atomic E-state index is 0.0394. The molecular weight excluding hydrogens is 250 g/mol. The number of para-hydroxylation sites is 1. The van der Waals surface area contributed by atoms with E-state index < -0.39 is 0 Å². The summed E-state index contributed by atoms with van der Waals surface area (Å²) in [5.41, 5.74) is 3.08. The fraction of sp³-hybridized carbons (Fsp3) is 0.438. The first-order chi connectivity index (χ1) is 9.83. The molecule has 0 aliphatic carbocycles. The molecule has 1 amide bonds. The second-order valence-electron chi connectivity index (χ2n) is 5.49. The number of carbonyl (C=O) groups excluding carboxylic acids is 1. The molecule has 2 aliphatic rings. The Kier molecular flexibility index (Phi) is 4.02. The molecule has 0 atom stereocenters. The highest BCUT2D eigenvalue weighted by atomic mass is 16.1. The second kappa shape index (κ2) is 6.09. The van der Waals surface area contributed by atoms with Gasteiger partial charge in [-0.1, -0.05) is 24.6 Å². The SMILES string of the molecule is O=C(NCN1CCCCC1)C1=CNc2ccccc2C1. The van der Waals surface area contributed by atoms with Gasteiger partial charge in [0.2, 0.25) is 5.91 Å². The topological polar surface area (TPSA) is 44.4 Å². The van der Waals surface area contributed by atoms with Crippen LogP contribution in [0.5, 0.6) is 0 Å². The number of amides is 1. The van der Waals surface area contributed by atoms with Gasteiger partial charge < -0.3 is 10.6 Å². The normalized spacial score (nSPS) is 18.7. The van der Waals surface area contributed by atoms with Gasteiger partial charge in [-0.05, 0) is 37.6 Å². The van der Waals surface area contributed by atoms with Crippen molar-refractivity contribution in [2.24, 2.45) is 0 Å². The lowest BCUT2D eigenvalue weighted by Gasteiger charge is -2.27. The van der Waals surface area contributed by atoms with Crippen molar-refractivity contribution in [1.82, 2.24) is 10.2 Å². The summed E-state index contributed by atoms with van der Waals surface area (Å²) < 4.78 is 0. The third-order valence-corrected chi connectivity index (χ3v) is 4.00. The monoisotopic (exact) mass is 271 g/mol. The van der Waals surface area contributed by atoms with Gasteiger partial charge in [-0.25, -0.2) is 0 Å². The zero-order valence-electron chi connectivity index (χ0n) is 11.7. The Bertz CT molecular complexity index is 518. The zero-order chi connectivity index (χ0) is 13.8. The van der Waals surface area contributed by atoms with E-state index in [1.54, 1.807) is 0 Å². The van der Waals surface area contributed by atoms with Crippen LogP contribution in [0.3, 0.4) is 0 Å². The highest BCUT2D eigenvalue weighted by molar-refractivity contribution is 5.95. The first-order valence-corrected chi connectivity index (χ1v) is 7.37. The number of nitrogens with one attached hydrogen (secondary N) is 2. The lowest BCUT2D eigenvalue weighted by atomic mass is 10.0. The van der Waals surface area contributed by atoms with Crippen LogP contribution in [0, 0.1) is 0 Å². The Morgan fingerprint density at radius 1 is 1.20 bits per heavy atom. The van der Waals surface area contributed by atoms with Crippen LogP contribution in [0.4, 0.5) is 5.69 Å². The zero-order valence-corrected chi connectivity index (χ0v) is 11.7. The maximum absolute atomic E-state index is 12.2. The Labute approximate surface area is 119 Å². The highest BCUT2D eigenvalue weighted by Gasteiger charge is 2.17. The van der Waals surface area contributed by atoms with Gasteiger partial charge in [-0.3, -0.25) is 9.69 Å². The standard InChI is InChI=1S/C16H21N3O/c20-16(18-12-19-8-4-1-5-9-19)14-10-13-6-2-3-7-15(13)17-11-14/h2-3,6-7,11,17H,1,4-5,8-10,12H2,(H,18,20). The molecule has 20 heavy (non-hydrogen) atoms. The number of anilines is 1. The van der Waals surface area contributed by atoms with E-state index in [0.29, 0.717) is 13.1 Å². The molecule has 1 saturated heterocycles. The summed E-state index contributed by atoms with van der Waals surface area (Å²) in [5.74, 6) is 0.0394. The van der Waals surface area contributed by atoms with Gasteiger partial charge in [0, 0.05) is 23.9 Å². The first kappa shape index (κ1) is 13.2. The van der Waals surface area contributed by atoms with E-state index in [4.69, 9.17) is 0 Å². The van der Waals surface area contributed by atoms with Crippen molar-refractivity contribution in [2.45, 2.75) is 25.7 Å². The number of rotatable bonds is 3. The Morgan fingerprint density at radius 2 is 2.00 bits per heavy atom.